The van der Waals surface area contributed by atoms with Gasteiger partial charge in [-0.25, -0.2) is 4.79 Å². The Morgan fingerprint density at radius 2 is 1.85 bits per heavy atom. The molecule has 0 unspecified atom stereocenters. The molecule has 0 fully saturated rings. The topological polar surface area (TPSA) is 81.7 Å². The molecule has 0 heterocycles. The molecule has 2 aromatic carbocycles. The Hall–Kier alpha value is -2.86. The van der Waals surface area contributed by atoms with Crippen molar-refractivity contribution in [1.82, 2.24) is 0 Å². The highest BCUT2D eigenvalue weighted by molar-refractivity contribution is 6.30. The van der Waals surface area contributed by atoms with Gasteiger partial charge < -0.3 is 14.8 Å². The Balaban J connectivity index is 1.78. The molecule has 0 bridgehead atoms. The molecule has 0 aromatic heterocycles. The van der Waals surface area contributed by atoms with Gasteiger partial charge in [0.15, 0.2) is 19.0 Å². The van der Waals surface area contributed by atoms with Crippen molar-refractivity contribution in [2.75, 3.05) is 18.5 Å². The molecule has 0 aliphatic heterocycles. The Morgan fingerprint density at radius 1 is 1.08 bits per heavy atom. The Kier molecular flexibility index (Phi) is 6.74. The molecule has 2 aromatic rings. The lowest BCUT2D eigenvalue weighted by Gasteiger charge is -2.10. The smallest absolute Gasteiger partial charge is 0.344 e. The van der Waals surface area contributed by atoms with E-state index in [9.17, 15) is 14.4 Å². The fourth-order valence-corrected chi connectivity index (χ4v) is 2.34. The van der Waals surface area contributed by atoms with E-state index < -0.39 is 18.5 Å². The quantitative estimate of drug-likeness (QED) is 0.592. The summed E-state index contributed by atoms with van der Waals surface area (Å²) in [4.78, 5) is 34.9. The first-order valence-electron chi connectivity index (χ1n) is 7.80. The highest BCUT2D eigenvalue weighted by Crippen LogP contribution is 2.21. The van der Waals surface area contributed by atoms with Crippen molar-refractivity contribution in [3.8, 4) is 5.75 Å². The second kappa shape index (κ2) is 9.01. The van der Waals surface area contributed by atoms with E-state index in [1.807, 2.05) is 0 Å². The van der Waals surface area contributed by atoms with Gasteiger partial charge in [0, 0.05) is 16.3 Å². The maximum Gasteiger partial charge on any atom is 0.344 e. The molecule has 136 valence electrons. The van der Waals surface area contributed by atoms with Gasteiger partial charge in [-0.2, -0.15) is 0 Å². The molecule has 0 radical (unpaired) electrons. The van der Waals surface area contributed by atoms with Crippen molar-refractivity contribution in [2.45, 2.75) is 13.8 Å². The van der Waals surface area contributed by atoms with Crippen molar-refractivity contribution in [3.63, 3.8) is 0 Å². The first-order valence-corrected chi connectivity index (χ1v) is 8.18. The molecule has 7 heteroatoms. The zero-order chi connectivity index (χ0) is 19.1. The van der Waals surface area contributed by atoms with Crippen molar-refractivity contribution < 1.29 is 23.9 Å². The number of rotatable bonds is 7. The normalized spacial score (nSPS) is 10.1. The predicted molar refractivity (Wildman–Crippen MR) is 97.7 cm³/mol. The minimum Gasteiger partial charge on any atom is -0.482 e. The van der Waals surface area contributed by atoms with Crippen LogP contribution in [0.5, 0.6) is 5.75 Å². The van der Waals surface area contributed by atoms with Gasteiger partial charge in [0.05, 0.1) is 0 Å². The molecule has 0 atom stereocenters. The summed E-state index contributed by atoms with van der Waals surface area (Å²) in [6, 6.07) is 11.5. The molecular formula is C19H18ClNO5. The summed E-state index contributed by atoms with van der Waals surface area (Å²) in [5.74, 6) is -0.785. The monoisotopic (exact) mass is 375 g/mol. The Labute approximate surface area is 156 Å². The summed E-state index contributed by atoms with van der Waals surface area (Å²) in [6.07, 6.45) is 0. The average molecular weight is 376 g/mol. The zero-order valence-electron chi connectivity index (χ0n) is 14.4. The van der Waals surface area contributed by atoms with Gasteiger partial charge in [-0.15, -0.1) is 0 Å². The lowest BCUT2D eigenvalue weighted by Crippen LogP contribution is -2.23. The van der Waals surface area contributed by atoms with Crippen molar-refractivity contribution in [3.05, 3.63) is 58.6 Å². The minimum atomic E-state index is -0.674. The highest BCUT2D eigenvalue weighted by Gasteiger charge is 2.10. The van der Waals surface area contributed by atoms with Crippen LogP contribution in [0.25, 0.3) is 0 Å². The molecular weight excluding hydrogens is 358 g/mol. The van der Waals surface area contributed by atoms with Gasteiger partial charge in [-0.05, 0) is 49.7 Å². The van der Waals surface area contributed by atoms with E-state index in [0.717, 1.165) is 5.56 Å². The molecule has 2 rings (SSSR count). The van der Waals surface area contributed by atoms with E-state index in [0.29, 0.717) is 22.0 Å². The predicted octanol–water partition coefficient (Wildman–Crippen LogP) is 3.41. The maximum absolute atomic E-state index is 11.8. The second-order valence-corrected chi connectivity index (χ2v) is 5.98. The summed E-state index contributed by atoms with van der Waals surface area (Å²) in [5, 5.41) is 3.13. The third-order valence-corrected chi connectivity index (χ3v) is 3.63. The van der Waals surface area contributed by atoms with E-state index >= 15 is 0 Å². The number of benzene rings is 2. The zero-order valence-corrected chi connectivity index (χ0v) is 15.1. The van der Waals surface area contributed by atoms with Crippen LogP contribution < -0.4 is 10.1 Å². The molecule has 0 saturated heterocycles. The largest absolute Gasteiger partial charge is 0.482 e. The van der Waals surface area contributed by atoms with Crippen LogP contribution in [0.3, 0.4) is 0 Å². The number of hydrogen-bond acceptors (Lipinski definition) is 5. The third kappa shape index (κ3) is 5.89. The number of anilines is 1. The number of Topliss-reactive ketones (excluding diaryl/α,β-unsaturated/α-hetero) is 1. The van der Waals surface area contributed by atoms with Gasteiger partial charge in [0.1, 0.15) is 5.75 Å². The SMILES string of the molecule is CC(=O)c1cccc(NC(=O)COC(=O)COc2ccc(Cl)cc2C)c1. The lowest BCUT2D eigenvalue weighted by molar-refractivity contribution is -0.149. The number of halogens is 1. The summed E-state index contributed by atoms with van der Waals surface area (Å²) in [5.41, 5.74) is 1.71. The first-order chi connectivity index (χ1) is 12.3. The first kappa shape index (κ1) is 19.5. The number of ether oxygens (including phenoxy) is 2. The number of carbonyl (C=O) groups excluding carboxylic acids is 3. The van der Waals surface area contributed by atoms with Crippen LogP contribution in [0.1, 0.15) is 22.8 Å². The number of hydrogen-bond donors (Lipinski definition) is 1. The molecule has 0 saturated carbocycles. The summed E-state index contributed by atoms with van der Waals surface area (Å²) >= 11 is 5.85. The maximum atomic E-state index is 11.8. The lowest BCUT2D eigenvalue weighted by atomic mass is 10.1. The van der Waals surface area contributed by atoms with Gasteiger partial charge in [-0.1, -0.05) is 23.7 Å². The van der Waals surface area contributed by atoms with Crippen LogP contribution in [0.15, 0.2) is 42.5 Å². The fraction of sp³-hybridized carbons (Fsp3) is 0.211. The summed E-state index contributed by atoms with van der Waals surface area (Å²) < 4.78 is 10.2. The molecule has 0 spiro atoms. The van der Waals surface area contributed by atoms with Crippen molar-refractivity contribution in [1.29, 1.82) is 0 Å². The van der Waals surface area contributed by atoms with Gasteiger partial charge in [0.2, 0.25) is 0 Å². The second-order valence-electron chi connectivity index (χ2n) is 5.54. The van der Waals surface area contributed by atoms with Gasteiger partial charge in [0.25, 0.3) is 5.91 Å². The number of carbonyl (C=O) groups is 3. The number of ketones is 1. The summed E-state index contributed by atoms with van der Waals surface area (Å²) in [6.45, 7) is 2.46. The van der Waals surface area contributed by atoms with Crippen LogP contribution in [0, 0.1) is 6.92 Å². The molecule has 26 heavy (non-hydrogen) atoms. The van der Waals surface area contributed by atoms with Crippen LogP contribution in [0.4, 0.5) is 5.69 Å². The highest BCUT2D eigenvalue weighted by atomic mass is 35.5. The molecule has 0 aliphatic carbocycles. The van der Waals surface area contributed by atoms with Crippen LogP contribution in [-0.2, 0) is 14.3 Å². The minimum absolute atomic E-state index is 0.109. The number of aryl methyl sites for hydroxylation is 1. The Bertz CT molecular complexity index is 834. The van der Waals surface area contributed by atoms with Crippen LogP contribution in [-0.4, -0.2) is 30.9 Å². The number of nitrogens with one attached hydrogen (secondary N) is 1. The van der Waals surface area contributed by atoms with Crippen molar-refractivity contribution in [2.24, 2.45) is 0 Å². The molecule has 1 N–H and O–H groups in total. The van der Waals surface area contributed by atoms with Crippen LogP contribution in [0.2, 0.25) is 5.02 Å². The van der Waals surface area contributed by atoms with E-state index in [1.54, 1.807) is 49.4 Å². The van der Waals surface area contributed by atoms with E-state index in [-0.39, 0.29) is 12.4 Å². The Morgan fingerprint density at radius 3 is 2.54 bits per heavy atom. The summed E-state index contributed by atoms with van der Waals surface area (Å²) in [7, 11) is 0. The third-order valence-electron chi connectivity index (χ3n) is 3.40. The average Bonchev–Trinajstić information content (AvgIpc) is 2.59. The van der Waals surface area contributed by atoms with E-state index in [2.05, 4.69) is 5.32 Å². The number of esters is 1. The fourth-order valence-electron chi connectivity index (χ4n) is 2.11. The molecule has 0 aliphatic rings. The van der Waals surface area contributed by atoms with E-state index in [1.165, 1.54) is 6.92 Å². The molecule has 1 amide bonds. The van der Waals surface area contributed by atoms with Gasteiger partial charge >= 0.3 is 5.97 Å². The van der Waals surface area contributed by atoms with Crippen LogP contribution >= 0.6 is 11.6 Å². The molecule has 6 nitrogen and oxygen atoms in total. The van der Waals surface area contributed by atoms with Gasteiger partial charge in [-0.3, -0.25) is 9.59 Å². The standard InChI is InChI=1S/C19H18ClNO5/c1-12-8-15(20)6-7-17(12)25-11-19(24)26-10-18(23)21-16-5-3-4-14(9-16)13(2)22/h3-9H,10-11H2,1-2H3,(H,21,23). The van der Waals surface area contributed by atoms with Crippen molar-refractivity contribution >= 4 is 34.9 Å². The van der Waals surface area contributed by atoms with E-state index in [4.69, 9.17) is 21.1 Å². The number of amides is 1.